The summed E-state index contributed by atoms with van der Waals surface area (Å²) in [7, 11) is 0. The molecular weight excluding hydrogens is 775 g/mol. The molecule has 0 saturated carbocycles. The Kier molecular flexibility index (Phi) is 16.7. The minimum atomic E-state index is -1.33. The summed E-state index contributed by atoms with van der Waals surface area (Å²) in [5.41, 5.74) is -0.811. The topological polar surface area (TPSA) is 196 Å². The fraction of sp³-hybridized carbons (Fsp3) is 0.628. The van der Waals surface area contributed by atoms with Crippen LogP contribution >= 0.6 is 11.8 Å². The molecule has 3 aliphatic rings. The summed E-state index contributed by atoms with van der Waals surface area (Å²) in [6.07, 6.45) is 4.20. The molecule has 1 aromatic carbocycles. The van der Waals surface area contributed by atoms with Crippen molar-refractivity contribution in [1.29, 1.82) is 0 Å². The summed E-state index contributed by atoms with van der Waals surface area (Å²) in [4.78, 5) is 86.2. The summed E-state index contributed by atoms with van der Waals surface area (Å²) in [5, 5.41) is 17.4. The number of ether oxygens (including phenoxy) is 2. The Hall–Kier alpha value is -4.25. The molecule has 3 aliphatic heterocycles. The molecule has 0 aromatic heterocycles. The number of thioether (sulfide) groups is 1. The van der Waals surface area contributed by atoms with Crippen LogP contribution in [0, 0.1) is 5.92 Å². The van der Waals surface area contributed by atoms with Crippen LogP contribution in [0.3, 0.4) is 0 Å². The summed E-state index contributed by atoms with van der Waals surface area (Å²) in [6, 6.07) is 2.88. The van der Waals surface area contributed by atoms with E-state index in [-0.39, 0.29) is 18.4 Å². The monoisotopic (exact) mass is 839 g/mol. The minimum Gasteiger partial charge on any atom is -0.369 e. The van der Waals surface area contributed by atoms with Gasteiger partial charge in [0.2, 0.25) is 35.4 Å². The number of benzene rings is 1. The van der Waals surface area contributed by atoms with Crippen LogP contribution in [0.4, 0.5) is 0 Å². The summed E-state index contributed by atoms with van der Waals surface area (Å²) < 4.78 is 12.2. The zero-order chi connectivity index (χ0) is 43.7. The van der Waals surface area contributed by atoms with E-state index in [1.54, 1.807) is 60.6 Å². The second-order valence-electron chi connectivity index (χ2n) is 16.9. The maximum atomic E-state index is 14.4. The Bertz CT molecular complexity index is 1690. The highest BCUT2D eigenvalue weighted by Crippen LogP contribution is 2.26. The van der Waals surface area contributed by atoms with Gasteiger partial charge in [-0.2, -0.15) is 0 Å². The predicted octanol–water partition coefficient (Wildman–Crippen LogP) is 2.11. The quantitative estimate of drug-likeness (QED) is 0.170. The maximum absolute atomic E-state index is 14.4. The van der Waals surface area contributed by atoms with Crippen molar-refractivity contribution in [3.8, 4) is 0 Å². The predicted molar refractivity (Wildman–Crippen MR) is 228 cm³/mol. The van der Waals surface area contributed by atoms with Gasteiger partial charge >= 0.3 is 0 Å². The van der Waals surface area contributed by atoms with Gasteiger partial charge in [-0.15, -0.1) is 24.9 Å². The van der Waals surface area contributed by atoms with Crippen molar-refractivity contribution >= 4 is 47.2 Å². The highest BCUT2D eigenvalue weighted by atomic mass is 32.2. The standard InChI is InChI=1S/C43H65N7O8S/c1-11-25(4)33-38(54)44-26(5)41(56)50-21-17-20-32(50)37(53)45-29(22-28-18-15-14-16-19-28)40-47-31(24-59-40)36(52)49-34(27(6)58-43(9,10)13-3)39(55)46-30(35(51)48-33)23-57-42(7,8)12-2/h12-16,18-19,25-27,29-34,40,47H,2-3,11,17,20-24H2,1,4-10H3,(H,44,54)(H,45,53)(H,46,55)(H,48,51)(H,49,52)/t25-,26-,27+,29-,30-,31-,32+,33-,34+,40-/m0/s1. The highest BCUT2D eigenvalue weighted by molar-refractivity contribution is 8.00. The summed E-state index contributed by atoms with van der Waals surface area (Å²) in [6.45, 7) is 21.6. The highest BCUT2D eigenvalue weighted by Gasteiger charge is 2.43. The molecule has 0 spiro atoms. The van der Waals surface area contributed by atoms with Crippen LogP contribution in [0.25, 0.3) is 0 Å². The lowest BCUT2D eigenvalue weighted by Gasteiger charge is -2.33. The van der Waals surface area contributed by atoms with Crippen molar-refractivity contribution in [1.82, 2.24) is 36.8 Å². The van der Waals surface area contributed by atoms with Crippen LogP contribution in [0.5, 0.6) is 0 Å². The Balaban J connectivity index is 1.76. The first-order chi connectivity index (χ1) is 27.8. The Morgan fingerprint density at radius 1 is 0.847 bits per heavy atom. The number of amides is 6. The molecule has 0 unspecified atom stereocenters. The van der Waals surface area contributed by atoms with E-state index in [1.807, 2.05) is 37.3 Å². The Morgan fingerprint density at radius 2 is 1.49 bits per heavy atom. The molecule has 10 atom stereocenters. The van der Waals surface area contributed by atoms with Gasteiger partial charge in [0.25, 0.3) is 0 Å². The van der Waals surface area contributed by atoms with Gasteiger partial charge in [0.15, 0.2) is 0 Å². The first-order valence-electron chi connectivity index (χ1n) is 20.6. The van der Waals surface area contributed by atoms with E-state index in [4.69, 9.17) is 9.47 Å². The molecule has 59 heavy (non-hydrogen) atoms. The lowest BCUT2D eigenvalue weighted by atomic mass is 9.97. The molecular formula is C43H65N7O8S. The van der Waals surface area contributed by atoms with Gasteiger partial charge in [0.05, 0.1) is 41.4 Å². The molecule has 15 nitrogen and oxygen atoms in total. The fourth-order valence-electron chi connectivity index (χ4n) is 7.18. The van der Waals surface area contributed by atoms with E-state index in [2.05, 4.69) is 45.1 Å². The average molecular weight is 840 g/mol. The smallest absolute Gasteiger partial charge is 0.245 e. The summed E-state index contributed by atoms with van der Waals surface area (Å²) in [5.74, 6) is -3.34. The van der Waals surface area contributed by atoms with Gasteiger partial charge in [-0.3, -0.25) is 34.1 Å². The van der Waals surface area contributed by atoms with Crippen molar-refractivity contribution in [2.24, 2.45) is 5.92 Å². The van der Waals surface area contributed by atoms with E-state index >= 15 is 0 Å². The molecule has 3 heterocycles. The van der Waals surface area contributed by atoms with E-state index in [0.29, 0.717) is 38.0 Å². The van der Waals surface area contributed by atoms with Crippen LogP contribution in [0.15, 0.2) is 55.6 Å². The first kappa shape index (κ1) is 47.4. The zero-order valence-corrected chi connectivity index (χ0v) is 36.6. The van der Waals surface area contributed by atoms with Crippen LogP contribution in [-0.4, -0.2) is 124 Å². The van der Waals surface area contributed by atoms with Crippen molar-refractivity contribution in [2.45, 2.75) is 146 Å². The van der Waals surface area contributed by atoms with Gasteiger partial charge in [-0.05, 0) is 72.3 Å². The van der Waals surface area contributed by atoms with Gasteiger partial charge in [-0.1, -0.05) is 62.8 Å². The zero-order valence-electron chi connectivity index (χ0n) is 35.8. The molecule has 3 fully saturated rings. The fourth-order valence-corrected chi connectivity index (χ4v) is 8.48. The third kappa shape index (κ3) is 12.9. The number of hydrogen-bond acceptors (Lipinski definition) is 10. The number of rotatable bonds is 12. The second kappa shape index (κ2) is 20.8. The van der Waals surface area contributed by atoms with Crippen LogP contribution in [0.1, 0.15) is 80.2 Å². The van der Waals surface area contributed by atoms with Crippen molar-refractivity contribution in [3.05, 3.63) is 61.2 Å². The maximum Gasteiger partial charge on any atom is 0.245 e. The van der Waals surface area contributed by atoms with E-state index in [0.717, 1.165) is 5.56 Å². The SMILES string of the molecule is C=CC(C)(C)OC[C@@H]1NC(=O)[C@@H]([C@@H](C)OC(C)(C)C=C)NC(=O)[C@@H]2CS[C@H](N2)[C@H](Cc2ccccc2)NC(=O)[C@H]2CCCN2C(=O)[C@H](C)NC(=O)[C@H]([C@@H](C)CC)NC1=O. The van der Waals surface area contributed by atoms with Crippen LogP contribution in [-0.2, 0) is 44.7 Å². The Morgan fingerprint density at radius 3 is 2.14 bits per heavy atom. The van der Waals surface area contributed by atoms with Gasteiger partial charge < -0.3 is 41.0 Å². The van der Waals surface area contributed by atoms with Crippen molar-refractivity contribution < 1.29 is 38.2 Å². The molecule has 3 saturated heterocycles. The lowest BCUT2D eigenvalue weighted by molar-refractivity contribution is -0.142. The van der Waals surface area contributed by atoms with Gasteiger partial charge in [0, 0.05) is 12.3 Å². The van der Waals surface area contributed by atoms with Crippen LogP contribution in [0.2, 0.25) is 0 Å². The summed E-state index contributed by atoms with van der Waals surface area (Å²) >= 11 is 1.47. The number of hydrogen-bond donors (Lipinski definition) is 6. The van der Waals surface area contributed by atoms with Gasteiger partial charge in [-0.25, -0.2) is 0 Å². The number of carbonyl (C=O) groups excluding carboxylic acids is 6. The minimum absolute atomic E-state index is 0.308. The molecule has 2 bridgehead atoms. The molecule has 4 rings (SSSR count). The number of nitrogens with zero attached hydrogens (tertiary/aromatic N) is 1. The number of carbonyl (C=O) groups is 6. The molecule has 0 radical (unpaired) electrons. The molecule has 326 valence electrons. The Labute approximate surface area is 353 Å². The van der Waals surface area contributed by atoms with Crippen molar-refractivity contribution in [2.75, 3.05) is 18.9 Å². The molecule has 1 aromatic rings. The average Bonchev–Trinajstić information content (AvgIpc) is 3.91. The number of nitrogens with one attached hydrogen (secondary N) is 6. The largest absolute Gasteiger partial charge is 0.369 e. The molecule has 6 N–H and O–H groups in total. The van der Waals surface area contributed by atoms with E-state index < -0.39 is 94.5 Å². The van der Waals surface area contributed by atoms with Gasteiger partial charge in [0.1, 0.15) is 30.2 Å². The normalized spacial score (nSPS) is 29.1. The molecule has 6 amide bonds. The van der Waals surface area contributed by atoms with Crippen molar-refractivity contribution in [3.63, 3.8) is 0 Å². The molecule has 16 heteroatoms. The van der Waals surface area contributed by atoms with Crippen LogP contribution < -0.4 is 31.9 Å². The first-order valence-corrected chi connectivity index (χ1v) is 21.7. The molecule has 0 aliphatic carbocycles. The third-order valence-corrected chi connectivity index (χ3v) is 12.6. The van der Waals surface area contributed by atoms with E-state index in [1.165, 1.54) is 16.7 Å². The lowest BCUT2D eigenvalue weighted by Crippen LogP contribution is -2.63. The van der Waals surface area contributed by atoms with E-state index in [9.17, 15) is 28.8 Å². The second-order valence-corrected chi connectivity index (χ2v) is 18.0. The number of fused-ring (bicyclic) bond motifs is 3. The third-order valence-electron chi connectivity index (χ3n) is 11.3.